The number of fused-ring (bicyclic) bond motifs is 1. The molecule has 2 atom stereocenters. The molecule has 1 aromatic carbocycles. The van der Waals surface area contributed by atoms with Gasteiger partial charge in [-0.05, 0) is 45.7 Å². The molecule has 1 saturated heterocycles. The number of amides is 1. The number of rotatable bonds is 7. The maximum Gasteiger partial charge on any atom is 0.411 e. The van der Waals surface area contributed by atoms with E-state index in [0.29, 0.717) is 41.2 Å². The molecule has 0 N–H and O–H groups in total. The van der Waals surface area contributed by atoms with E-state index in [9.17, 15) is 9.59 Å². The highest BCUT2D eigenvalue weighted by atomic mass is 16.6. The Kier molecular flexibility index (Phi) is 7.40. The molecule has 178 valence electrons. The number of nitrogens with zero attached hydrogens (tertiary/aromatic N) is 3. The van der Waals surface area contributed by atoms with Gasteiger partial charge in [0.1, 0.15) is 34.7 Å². The van der Waals surface area contributed by atoms with Gasteiger partial charge in [0.2, 0.25) is 5.88 Å². The summed E-state index contributed by atoms with van der Waals surface area (Å²) in [5, 5.41) is 0. The van der Waals surface area contributed by atoms with Crippen LogP contribution in [0.5, 0.6) is 11.6 Å². The third-order valence-corrected chi connectivity index (χ3v) is 5.14. The quantitative estimate of drug-likeness (QED) is 0.458. The molecule has 1 amide bonds. The number of aromatic nitrogens is 2. The summed E-state index contributed by atoms with van der Waals surface area (Å²) in [5.74, 6) is 0.396. The number of hydrogen-bond acceptors (Lipinski definition) is 8. The molecule has 33 heavy (non-hydrogen) atoms. The van der Waals surface area contributed by atoms with Gasteiger partial charge in [-0.3, -0.25) is 4.90 Å². The largest absolute Gasteiger partial charge is 0.494 e. The van der Waals surface area contributed by atoms with Crippen molar-refractivity contribution in [1.82, 2.24) is 14.9 Å². The van der Waals surface area contributed by atoms with Crippen molar-refractivity contribution in [3.8, 4) is 11.6 Å². The van der Waals surface area contributed by atoms with E-state index < -0.39 is 29.8 Å². The predicted octanol–water partition coefficient (Wildman–Crippen LogP) is 3.69. The molecule has 2 aromatic rings. The summed E-state index contributed by atoms with van der Waals surface area (Å²) < 4.78 is 22.0. The van der Waals surface area contributed by atoms with E-state index in [4.69, 9.17) is 23.9 Å². The van der Waals surface area contributed by atoms with Gasteiger partial charge in [0, 0.05) is 6.42 Å². The van der Waals surface area contributed by atoms with E-state index >= 15 is 0 Å². The molecule has 0 unspecified atom stereocenters. The highest BCUT2D eigenvalue weighted by Gasteiger charge is 2.43. The second-order valence-corrected chi connectivity index (χ2v) is 8.78. The molecule has 0 spiro atoms. The summed E-state index contributed by atoms with van der Waals surface area (Å²) in [6.45, 7) is 9.24. The second-order valence-electron chi connectivity index (χ2n) is 8.78. The Morgan fingerprint density at radius 3 is 2.64 bits per heavy atom. The maximum atomic E-state index is 12.7. The number of allylic oxidation sites excluding steroid dienone is 1. The molecular formula is C24H31N3O6. The Labute approximate surface area is 193 Å². The van der Waals surface area contributed by atoms with Crippen LogP contribution in [0.3, 0.4) is 0 Å². The van der Waals surface area contributed by atoms with Crippen molar-refractivity contribution < 1.29 is 28.5 Å². The average Bonchev–Trinajstić information content (AvgIpc) is 3.19. The number of esters is 1. The van der Waals surface area contributed by atoms with Crippen LogP contribution in [0.25, 0.3) is 11.0 Å². The summed E-state index contributed by atoms with van der Waals surface area (Å²) in [6, 6.07) is 4.70. The first-order valence-electron chi connectivity index (χ1n) is 10.9. The van der Waals surface area contributed by atoms with E-state index in [1.54, 1.807) is 40.0 Å². The van der Waals surface area contributed by atoms with Gasteiger partial charge >= 0.3 is 12.1 Å². The standard InChI is InChI=1S/C24H31N3O6/c1-7-8-10-17-21(26-20-16(25-17)11-9-12-19(20)30-5)32-15-13-18(22(28)31-6)27(14-15)23(29)33-24(2,3)4/h7,9,11-12,15,18H,1,8,10,13-14H2,2-6H3/t15-,18+/m1/s1. The molecule has 1 aromatic heterocycles. The molecule has 0 aliphatic carbocycles. The molecular weight excluding hydrogens is 426 g/mol. The zero-order valence-electron chi connectivity index (χ0n) is 19.8. The summed E-state index contributed by atoms with van der Waals surface area (Å²) in [4.78, 5) is 35.9. The molecule has 9 nitrogen and oxygen atoms in total. The number of aryl methyl sites for hydroxylation is 1. The van der Waals surface area contributed by atoms with Crippen molar-refractivity contribution in [2.24, 2.45) is 0 Å². The molecule has 3 rings (SSSR count). The number of carbonyl (C=O) groups is 2. The zero-order valence-corrected chi connectivity index (χ0v) is 19.8. The van der Waals surface area contributed by atoms with Crippen LogP contribution in [0.1, 0.15) is 39.3 Å². The minimum atomic E-state index is -0.811. The zero-order chi connectivity index (χ0) is 24.2. The number of likely N-dealkylation sites (tertiary alicyclic amines) is 1. The Bertz CT molecular complexity index is 1030. The summed E-state index contributed by atoms with van der Waals surface area (Å²) >= 11 is 0. The van der Waals surface area contributed by atoms with E-state index in [2.05, 4.69) is 11.6 Å². The van der Waals surface area contributed by atoms with E-state index in [-0.39, 0.29) is 13.0 Å². The summed E-state index contributed by atoms with van der Waals surface area (Å²) in [6.07, 6.45) is 2.24. The third kappa shape index (κ3) is 5.71. The Balaban J connectivity index is 1.92. The highest BCUT2D eigenvalue weighted by molar-refractivity contribution is 5.83. The third-order valence-electron chi connectivity index (χ3n) is 5.14. The molecule has 1 aliphatic heterocycles. The van der Waals surface area contributed by atoms with Crippen LogP contribution in [0.15, 0.2) is 30.9 Å². The number of methoxy groups -OCH3 is 2. The molecule has 0 radical (unpaired) electrons. The first-order valence-corrected chi connectivity index (χ1v) is 10.9. The normalized spacial score (nSPS) is 18.2. The summed E-state index contributed by atoms with van der Waals surface area (Å²) in [5.41, 5.74) is 1.23. The van der Waals surface area contributed by atoms with Crippen molar-refractivity contribution in [3.63, 3.8) is 0 Å². The van der Waals surface area contributed by atoms with Crippen LogP contribution in [0.2, 0.25) is 0 Å². The Morgan fingerprint density at radius 1 is 1.24 bits per heavy atom. The van der Waals surface area contributed by atoms with Gasteiger partial charge in [-0.2, -0.15) is 0 Å². The maximum absolute atomic E-state index is 12.7. The van der Waals surface area contributed by atoms with E-state index in [0.717, 1.165) is 0 Å². The van der Waals surface area contributed by atoms with Crippen molar-refractivity contribution in [2.75, 3.05) is 20.8 Å². The van der Waals surface area contributed by atoms with Gasteiger partial charge in [-0.15, -0.1) is 6.58 Å². The van der Waals surface area contributed by atoms with Crippen LogP contribution in [0.4, 0.5) is 4.79 Å². The van der Waals surface area contributed by atoms with Gasteiger partial charge in [0.15, 0.2) is 0 Å². The molecule has 2 heterocycles. The van der Waals surface area contributed by atoms with Gasteiger partial charge in [0.05, 0.1) is 26.3 Å². The van der Waals surface area contributed by atoms with Crippen molar-refractivity contribution in [3.05, 3.63) is 36.5 Å². The number of ether oxygens (including phenoxy) is 4. The minimum absolute atomic E-state index is 0.154. The second kappa shape index (κ2) is 10.1. The lowest BCUT2D eigenvalue weighted by Crippen LogP contribution is -2.44. The molecule has 0 saturated carbocycles. The monoisotopic (exact) mass is 457 g/mol. The predicted molar refractivity (Wildman–Crippen MR) is 122 cm³/mol. The van der Waals surface area contributed by atoms with Gasteiger partial charge in [-0.1, -0.05) is 12.1 Å². The Morgan fingerprint density at radius 2 is 2.00 bits per heavy atom. The molecule has 1 fully saturated rings. The smallest absolute Gasteiger partial charge is 0.411 e. The fourth-order valence-corrected chi connectivity index (χ4v) is 3.66. The number of carbonyl (C=O) groups excluding carboxylic acids is 2. The molecule has 0 bridgehead atoms. The number of hydrogen-bond donors (Lipinski definition) is 0. The van der Waals surface area contributed by atoms with Crippen LogP contribution in [0, 0.1) is 0 Å². The first kappa shape index (κ1) is 24.3. The average molecular weight is 458 g/mol. The van der Waals surface area contributed by atoms with Crippen LogP contribution in [-0.2, 0) is 20.7 Å². The fraction of sp³-hybridized carbons (Fsp3) is 0.500. The van der Waals surface area contributed by atoms with E-state index in [1.165, 1.54) is 12.0 Å². The lowest BCUT2D eigenvalue weighted by molar-refractivity contribution is -0.145. The van der Waals surface area contributed by atoms with E-state index in [1.807, 2.05) is 12.1 Å². The van der Waals surface area contributed by atoms with Gasteiger partial charge in [-0.25, -0.2) is 19.6 Å². The highest BCUT2D eigenvalue weighted by Crippen LogP contribution is 2.30. The van der Waals surface area contributed by atoms with Crippen LogP contribution < -0.4 is 9.47 Å². The minimum Gasteiger partial charge on any atom is -0.494 e. The van der Waals surface area contributed by atoms with Crippen molar-refractivity contribution in [1.29, 1.82) is 0 Å². The molecule has 9 heteroatoms. The number of benzene rings is 1. The molecule has 1 aliphatic rings. The SMILES string of the molecule is C=CCCc1nc2cccc(OC)c2nc1O[C@@H]1C[C@@H](C(=O)OC)N(C(=O)OC(C)(C)C)C1. The summed E-state index contributed by atoms with van der Waals surface area (Å²) in [7, 11) is 2.86. The van der Waals surface area contributed by atoms with Gasteiger partial charge in [0.25, 0.3) is 0 Å². The van der Waals surface area contributed by atoms with Crippen molar-refractivity contribution in [2.45, 2.75) is 57.8 Å². The van der Waals surface area contributed by atoms with Crippen LogP contribution >= 0.6 is 0 Å². The number of para-hydroxylation sites is 1. The van der Waals surface area contributed by atoms with Crippen molar-refractivity contribution >= 4 is 23.1 Å². The lowest BCUT2D eigenvalue weighted by Gasteiger charge is -2.27. The lowest BCUT2D eigenvalue weighted by atomic mass is 10.2. The first-order chi connectivity index (χ1) is 15.7. The van der Waals surface area contributed by atoms with Gasteiger partial charge < -0.3 is 18.9 Å². The topological polar surface area (TPSA) is 100 Å². The fourth-order valence-electron chi connectivity index (χ4n) is 3.66. The Hall–Kier alpha value is -3.36. The van der Waals surface area contributed by atoms with Crippen LogP contribution in [-0.4, -0.2) is 65.4 Å².